The second-order valence-corrected chi connectivity index (χ2v) is 7.79. The van der Waals surface area contributed by atoms with Crippen LogP contribution in [0.3, 0.4) is 0 Å². The maximum absolute atomic E-state index is 12.4. The lowest BCUT2D eigenvalue weighted by Gasteiger charge is -2.30. The molecule has 1 N–H and O–H groups in total. The number of carbonyl (C=O) groups excluding carboxylic acids is 2. The van der Waals surface area contributed by atoms with E-state index in [1.54, 1.807) is 6.07 Å². The van der Waals surface area contributed by atoms with Crippen LogP contribution in [-0.2, 0) is 22.4 Å². The van der Waals surface area contributed by atoms with E-state index >= 15 is 0 Å². The van der Waals surface area contributed by atoms with Gasteiger partial charge in [0.15, 0.2) is 0 Å². The Morgan fingerprint density at radius 3 is 2.70 bits per heavy atom. The highest BCUT2D eigenvalue weighted by atomic mass is 35.5. The van der Waals surface area contributed by atoms with Crippen molar-refractivity contribution in [2.24, 2.45) is 5.92 Å². The van der Waals surface area contributed by atoms with E-state index in [1.165, 1.54) is 0 Å². The number of amides is 2. The van der Waals surface area contributed by atoms with Gasteiger partial charge in [0.2, 0.25) is 11.8 Å². The van der Waals surface area contributed by atoms with E-state index < -0.39 is 0 Å². The number of benzene rings is 2. The Morgan fingerprint density at radius 1 is 1.19 bits per heavy atom. The molecule has 3 rings (SSSR count). The summed E-state index contributed by atoms with van der Waals surface area (Å²) in [5, 5.41) is 3.54. The van der Waals surface area contributed by atoms with Gasteiger partial charge >= 0.3 is 0 Å². The minimum absolute atomic E-state index is 0.105. The number of carbonyl (C=O) groups is 2. The number of aryl methyl sites for hydroxylation is 1. The van der Waals surface area contributed by atoms with Crippen LogP contribution < -0.4 is 10.2 Å². The number of fused-ring (bicyclic) bond motifs is 1. The Labute approximate surface area is 165 Å². The van der Waals surface area contributed by atoms with Gasteiger partial charge in [-0.25, -0.2) is 0 Å². The molecule has 0 atom stereocenters. The molecule has 1 aliphatic heterocycles. The number of nitrogens with zero attached hydrogens (tertiary/aromatic N) is 1. The molecule has 1 aliphatic rings. The molecule has 0 aliphatic carbocycles. The quantitative estimate of drug-likeness (QED) is 0.774. The van der Waals surface area contributed by atoms with E-state index in [0.717, 1.165) is 35.5 Å². The van der Waals surface area contributed by atoms with Crippen LogP contribution in [0.1, 0.15) is 37.8 Å². The summed E-state index contributed by atoms with van der Waals surface area (Å²) in [7, 11) is 0. The summed E-state index contributed by atoms with van der Waals surface area (Å²) >= 11 is 6.13. The van der Waals surface area contributed by atoms with Gasteiger partial charge in [-0.1, -0.05) is 43.6 Å². The Kier molecular flexibility index (Phi) is 6.17. The summed E-state index contributed by atoms with van der Waals surface area (Å²) in [4.78, 5) is 26.6. The van der Waals surface area contributed by atoms with Crippen molar-refractivity contribution in [2.75, 3.05) is 16.8 Å². The molecule has 27 heavy (non-hydrogen) atoms. The molecular weight excluding hydrogens is 360 g/mol. The molecule has 2 aromatic carbocycles. The number of nitrogens with one attached hydrogen (secondary N) is 1. The maximum atomic E-state index is 12.4. The van der Waals surface area contributed by atoms with E-state index in [2.05, 4.69) is 19.2 Å². The van der Waals surface area contributed by atoms with E-state index in [9.17, 15) is 9.59 Å². The van der Waals surface area contributed by atoms with Crippen LogP contribution in [0, 0.1) is 5.92 Å². The van der Waals surface area contributed by atoms with Crippen LogP contribution in [0.2, 0.25) is 5.02 Å². The van der Waals surface area contributed by atoms with Crippen molar-refractivity contribution in [3.8, 4) is 0 Å². The zero-order valence-electron chi connectivity index (χ0n) is 15.8. The molecule has 0 fully saturated rings. The van der Waals surface area contributed by atoms with Crippen LogP contribution in [0.15, 0.2) is 42.5 Å². The Balaban J connectivity index is 1.71. The van der Waals surface area contributed by atoms with Crippen molar-refractivity contribution in [3.05, 3.63) is 58.6 Å². The SMILES string of the molecule is CC(C)CCN1C(=O)CCc2cc(NC(=O)Cc3ccccc3Cl)ccc21. The zero-order chi connectivity index (χ0) is 19.4. The molecule has 5 heteroatoms. The largest absolute Gasteiger partial charge is 0.326 e. The fraction of sp³-hybridized carbons (Fsp3) is 0.364. The lowest BCUT2D eigenvalue weighted by Crippen LogP contribution is -2.36. The number of hydrogen-bond acceptors (Lipinski definition) is 2. The van der Waals surface area contributed by atoms with Gasteiger partial charge in [-0.2, -0.15) is 0 Å². The number of hydrogen-bond donors (Lipinski definition) is 1. The van der Waals surface area contributed by atoms with Gasteiger partial charge in [0.1, 0.15) is 0 Å². The third kappa shape index (κ3) is 4.89. The summed E-state index contributed by atoms with van der Waals surface area (Å²) in [6.45, 7) is 5.06. The standard InChI is InChI=1S/C22H25ClN2O2/c1-15(2)11-12-25-20-9-8-18(13-17(20)7-10-22(25)27)24-21(26)14-16-5-3-4-6-19(16)23/h3-6,8-9,13,15H,7,10-12,14H2,1-2H3,(H,24,26). The van der Waals surface area contributed by atoms with Crippen LogP contribution in [-0.4, -0.2) is 18.4 Å². The minimum Gasteiger partial charge on any atom is -0.326 e. The summed E-state index contributed by atoms with van der Waals surface area (Å²) in [5.74, 6) is 0.622. The highest BCUT2D eigenvalue weighted by molar-refractivity contribution is 6.31. The maximum Gasteiger partial charge on any atom is 0.228 e. The topological polar surface area (TPSA) is 49.4 Å². The van der Waals surface area contributed by atoms with Crippen LogP contribution in [0.5, 0.6) is 0 Å². The molecule has 0 unspecified atom stereocenters. The summed E-state index contributed by atoms with van der Waals surface area (Å²) < 4.78 is 0. The van der Waals surface area contributed by atoms with Gasteiger partial charge in [0, 0.05) is 29.4 Å². The molecule has 0 aromatic heterocycles. The lowest BCUT2D eigenvalue weighted by atomic mass is 9.99. The first-order chi connectivity index (χ1) is 12.9. The fourth-order valence-corrected chi connectivity index (χ4v) is 3.49. The van der Waals surface area contributed by atoms with Crippen molar-refractivity contribution in [3.63, 3.8) is 0 Å². The summed E-state index contributed by atoms with van der Waals surface area (Å²) in [5.41, 5.74) is 3.63. The van der Waals surface area contributed by atoms with E-state index in [4.69, 9.17) is 11.6 Å². The third-order valence-corrected chi connectivity index (χ3v) is 5.17. The average molecular weight is 385 g/mol. The van der Waals surface area contributed by atoms with Gasteiger partial charge in [0.25, 0.3) is 0 Å². The van der Waals surface area contributed by atoms with E-state index in [1.807, 2.05) is 41.3 Å². The zero-order valence-corrected chi connectivity index (χ0v) is 16.6. The lowest BCUT2D eigenvalue weighted by molar-refractivity contribution is -0.119. The van der Waals surface area contributed by atoms with Crippen LogP contribution in [0.25, 0.3) is 0 Å². The molecule has 0 bridgehead atoms. The third-order valence-electron chi connectivity index (χ3n) is 4.80. The molecule has 0 saturated carbocycles. The molecule has 2 amide bonds. The molecule has 2 aromatic rings. The predicted molar refractivity (Wildman–Crippen MR) is 110 cm³/mol. The van der Waals surface area contributed by atoms with Gasteiger partial charge in [-0.05, 0) is 54.2 Å². The fourth-order valence-electron chi connectivity index (χ4n) is 3.29. The van der Waals surface area contributed by atoms with E-state index in [-0.39, 0.29) is 18.2 Å². The van der Waals surface area contributed by atoms with Gasteiger partial charge in [0.05, 0.1) is 6.42 Å². The predicted octanol–water partition coefficient (Wildman–Crippen LogP) is 4.85. The monoisotopic (exact) mass is 384 g/mol. The first kappa shape index (κ1) is 19.4. The minimum atomic E-state index is -0.105. The molecule has 0 spiro atoms. The van der Waals surface area contributed by atoms with Gasteiger partial charge in [-0.3, -0.25) is 9.59 Å². The second kappa shape index (κ2) is 8.57. The Bertz CT molecular complexity index is 848. The van der Waals surface area contributed by atoms with Gasteiger partial charge in [-0.15, -0.1) is 0 Å². The molecule has 1 heterocycles. The molecule has 4 nitrogen and oxygen atoms in total. The highest BCUT2D eigenvalue weighted by Crippen LogP contribution is 2.31. The summed E-state index contributed by atoms with van der Waals surface area (Å²) in [6, 6.07) is 13.1. The van der Waals surface area contributed by atoms with Crippen molar-refractivity contribution < 1.29 is 9.59 Å². The number of halogens is 1. The normalized spacial score (nSPS) is 13.6. The Hall–Kier alpha value is -2.33. The molecule has 0 saturated heterocycles. The van der Waals surface area contributed by atoms with Crippen LogP contribution in [0.4, 0.5) is 11.4 Å². The summed E-state index contributed by atoms with van der Waals surface area (Å²) in [6.07, 6.45) is 2.43. The van der Waals surface area contributed by atoms with Crippen molar-refractivity contribution in [2.45, 2.75) is 39.5 Å². The molecular formula is C22H25ClN2O2. The first-order valence-corrected chi connectivity index (χ1v) is 9.78. The first-order valence-electron chi connectivity index (χ1n) is 9.40. The molecule has 142 valence electrons. The van der Waals surface area contributed by atoms with Crippen molar-refractivity contribution in [1.82, 2.24) is 0 Å². The van der Waals surface area contributed by atoms with Gasteiger partial charge < -0.3 is 10.2 Å². The smallest absolute Gasteiger partial charge is 0.228 e. The van der Waals surface area contributed by atoms with Crippen molar-refractivity contribution in [1.29, 1.82) is 0 Å². The number of anilines is 2. The van der Waals surface area contributed by atoms with Crippen molar-refractivity contribution >= 4 is 34.8 Å². The van der Waals surface area contributed by atoms with Crippen LogP contribution >= 0.6 is 11.6 Å². The number of rotatable bonds is 6. The average Bonchev–Trinajstić information content (AvgIpc) is 2.62. The second-order valence-electron chi connectivity index (χ2n) is 7.39. The highest BCUT2D eigenvalue weighted by Gasteiger charge is 2.24. The Morgan fingerprint density at radius 2 is 1.96 bits per heavy atom. The molecule has 0 radical (unpaired) electrons. The van der Waals surface area contributed by atoms with E-state index in [0.29, 0.717) is 23.8 Å².